The minimum Gasteiger partial charge on any atom is -0.456 e. The summed E-state index contributed by atoms with van der Waals surface area (Å²) >= 11 is 0. The van der Waals surface area contributed by atoms with Crippen LogP contribution in [0.4, 0.5) is 0 Å². The number of fused-ring (bicyclic) bond motifs is 1. The maximum Gasteiger partial charge on any atom is 0.196 e. The molecule has 0 aliphatic rings. The van der Waals surface area contributed by atoms with E-state index in [0.29, 0.717) is 22.3 Å². The molecule has 0 aliphatic heterocycles. The summed E-state index contributed by atoms with van der Waals surface area (Å²) in [4.78, 5) is 12.7. The Labute approximate surface area is 130 Å². The van der Waals surface area contributed by atoms with E-state index in [1.54, 1.807) is 0 Å². The molecule has 2 nitrogen and oxygen atoms in total. The molecule has 0 radical (unpaired) electrons. The minimum absolute atomic E-state index is 0.0620. The van der Waals surface area contributed by atoms with E-state index >= 15 is 0 Å². The summed E-state index contributed by atoms with van der Waals surface area (Å²) in [6.45, 7) is 9.97. The Kier molecular flexibility index (Phi) is 3.40. The SMILES string of the molecule is Cc1cc(C)c2c(=O)c(C)c(-c3ccc(C)c(C)c3)oc2c1. The highest BCUT2D eigenvalue weighted by molar-refractivity contribution is 5.84. The first-order valence-electron chi connectivity index (χ1n) is 7.51. The van der Waals surface area contributed by atoms with E-state index in [1.807, 2.05) is 39.0 Å². The molecule has 0 saturated heterocycles. The average molecular weight is 292 g/mol. The van der Waals surface area contributed by atoms with Gasteiger partial charge in [0.2, 0.25) is 0 Å². The first-order valence-corrected chi connectivity index (χ1v) is 7.51. The molecular formula is C20H20O2. The highest BCUT2D eigenvalue weighted by Crippen LogP contribution is 2.28. The van der Waals surface area contributed by atoms with Crippen molar-refractivity contribution >= 4 is 11.0 Å². The van der Waals surface area contributed by atoms with Gasteiger partial charge in [-0.25, -0.2) is 0 Å². The number of benzene rings is 2. The van der Waals surface area contributed by atoms with Crippen LogP contribution in [0.15, 0.2) is 39.5 Å². The Morgan fingerprint density at radius 1 is 0.818 bits per heavy atom. The van der Waals surface area contributed by atoms with Crippen molar-refractivity contribution < 1.29 is 4.42 Å². The van der Waals surface area contributed by atoms with Crippen LogP contribution in [0.3, 0.4) is 0 Å². The number of aryl methyl sites for hydroxylation is 4. The molecule has 1 heterocycles. The lowest BCUT2D eigenvalue weighted by Crippen LogP contribution is -2.09. The number of hydrogen-bond acceptors (Lipinski definition) is 2. The average Bonchev–Trinajstić information content (AvgIpc) is 2.45. The van der Waals surface area contributed by atoms with Crippen LogP contribution >= 0.6 is 0 Å². The van der Waals surface area contributed by atoms with Crippen LogP contribution in [0.25, 0.3) is 22.3 Å². The van der Waals surface area contributed by atoms with Crippen molar-refractivity contribution in [1.29, 1.82) is 0 Å². The first kappa shape index (κ1) is 14.6. The Morgan fingerprint density at radius 3 is 2.23 bits per heavy atom. The molecule has 2 heteroatoms. The second kappa shape index (κ2) is 5.13. The predicted molar refractivity (Wildman–Crippen MR) is 91.6 cm³/mol. The normalized spacial score (nSPS) is 11.1. The van der Waals surface area contributed by atoms with Gasteiger partial charge in [0.15, 0.2) is 5.43 Å². The monoisotopic (exact) mass is 292 g/mol. The van der Waals surface area contributed by atoms with Crippen LogP contribution in [-0.2, 0) is 0 Å². The molecule has 3 aromatic rings. The quantitative estimate of drug-likeness (QED) is 0.631. The molecule has 0 saturated carbocycles. The first-order chi connectivity index (χ1) is 10.4. The highest BCUT2D eigenvalue weighted by atomic mass is 16.3. The maximum absolute atomic E-state index is 12.7. The van der Waals surface area contributed by atoms with E-state index in [1.165, 1.54) is 11.1 Å². The molecule has 112 valence electrons. The van der Waals surface area contributed by atoms with Gasteiger partial charge in [0, 0.05) is 11.1 Å². The van der Waals surface area contributed by atoms with Gasteiger partial charge in [0.1, 0.15) is 11.3 Å². The third kappa shape index (κ3) is 2.25. The molecule has 0 bridgehead atoms. The highest BCUT2D eigenvalue weighted by Gasteiger charge is 2.15. The summed E-state index contributed by atoms with van der Waals surface area (Å²) in [6, 6.07) is 10.1. The molecule has 22 heavy (non-hydrogen) atoms. The van der Waals surface area contributed by atoms with E-state index < -0.39 is 0 Å². The van der Waals surface area contributed by atoms with Gasteiger partial charge in [-0.05, 0) is 69.0 Å². The van der Waals surface area contributed by atoms with Gasteiger partial charge in [-0.1, -0.05) is 18.2 Å². The molecule has 2 aromatic carbocycles. The fraction of sp³-hybridized carbons (Fsp3) is 0.250. The van der Waals surface area contributed by atoms with Crippen molar-refractivity contribution in [3.05, 3.63) is 68.4 Å². The van der Waals surface area contributed by atoms with Crippen molar-refractivity contribution in [1.82, 2.24) is 0 Å². The zero-order valence-corrected chi connectivity index (χ0v) is 13.7. The van der Waals surface area contributed by atoms with E-state index in [4.69, 9.17) is 4.42 Å². The van der Waals surface area contributed by atoms with E-state index in [-0.39, 0.29) is 5.43 Å². The Bertz CT molecular complexity index is 946. The number of rotatable bonds is 1. The summed E-state index contributed by atoms with van der Waals surface area (Å²) in [5.74, 6) is 0.672. The van der Waals surface area contributed by atoms with Gasteiger partial charge in [0.05, 0.1) is 5.39 Å². The lowest BCUT2D eigenvalue weighted by Gasteiger charge is -2.11. The van der Waals surface area contributed by atoms with E-state index in [9.17, 15) is 4.79 Å². The molecule has 0 spiro atoms. The van der Waals surface area contributed by atoms with Crippen molar-refractivity contribution in [2.75, 3.05) is 0 Å². The maximum atomic E-state index is 12.7. The minimum atomic E-state index is 0.0620. The summed E-state index contributed by atoms with van der Waals surface area (Å²) < 4.78 is 6.12. The van der Waals surface area contributed by atoms with Crippen LogP contribution in [0.1, 0.15) is 27.8 Å². The van der Waals surface area contributed by atoms with Gasteiger partial charge in [0.25, 0.3) is 0 Å². The Hall–Kier alpha value is -2.35. The zero-order chi connectivity index (χ0) is 16.0. The van der Waals surface area contributed by atoms with Crippen LogP contribution < -0.4 is 5.43 Å². The molecule has 0 amide bonds. The predicted octanol–water partition coefficient (Wildman–Crippen LogP) is 5.00. The molecule has 0 atom stereocenters. The van der Waals surface area contributed by atoms with Crippen molar-refractivity contribution in [3.8, 4) is 11.3 Å². The number of hydrogen-bond donors (Lipinski definition) is 0. The van der Waals surface area contributed by atoms with Crippen LogP contribution in [0.2, 0.25) is 0 Å². The zero-order valence-electron chi connectivity index (χ0n) is 13.7. The van der Waals surface area contributed by atoms with Gasteiger partial charge in [-0.2, -0.15) is 0 Å². The van der Waals surface area contributed by atoms with Gasteiger partial charge in [-0.3, -0.25) is 4.79 Å². The van der Waals surface area contributed by atoms with Gasteiger partial charge >= 0.3 is 0 Å². The van der Waals surface area contributed by atoms with E-state index in [2.05, 4.69) is 26.0 Å². The molecule has 1 aromatic heterocycles. The topological polar surface area (TPSA) is 30.2 Å². The third-order valence-electron chi connectivity index (χ3n) is 4.33. The van der Waals surface area contributed by atoms with Gasteiger partial charge in [-0.15, -0.1) is 0 Å². The summed E-state index contributed by atoms with van der Waals surface area (Å²) in [6.07, 6.45) is 0. The second-order valence-corrected chi connectivity index (χ2v) is 6.14. The smallest absolute Gasteiger partial charge is 0.196 e. The fourth-order valence-electron chi connectivity index (χ4n) is 2.94. The standard InChI is InChI=1S/C20H20O2/c1-11-8-14(4)18-17(9-11)22-20(15(5)19(18)21)16-7-6-12(2)13(3)10-16/h6-10H,1-5H3. The fourth-order valence-corrected chi connectivity index (χ4v) is 2.94. The third-order valence-corrected chi connectivity index (χ3v) is 4.33. The molecule has 0 N–H and O–H groups in total. The molecular weight excluding hydrogens is 272 g/mol. The lowest BCUT2D eigenvalue weighted by molar-refractivity contribution is 0.613. The van der Waals surface area contributed by atoms with Crippen LogP contribution in [0.5, 0.6) is 0 Å². The van der Waals surface area contributed by atoms with Gasteiger partial charge < -0.3 is 4.42 Å². The van der Waals surface area contributed by atoms with Crippen molar-refractivity contribution in [3.63, 3.8) is 0 Å². The summed E-state index contributed by atoms with van der Waals surface area (Å²) in [7, 11) is 0. The van der Waals surface area contributed by atoms with Crippen LogP contribution in [-0.4, -0.2) is 0 Å². The summed E-state index contributed by atoms with van der Waals surface area (Å²) in [5, 5.41) is 0.690. The van der Waals surface area contributed by atoms with E-state index in [0.717, 1.165) is 16.7 Å². The second-order valence-electron chi connectivity index (χ2n) is 6.14. The van der Waals surface area contributed by atoms with Crippen molar-refractivity contribution in [2.45, 2.75) is 34.6 Å². The van der Waals surface area contributed by atoms with Crippen molar-refractivity contribution in [2.24, 2.45) is 0 Å². The Balaban J connectivity index is 2.38. The largest absolute Gasteiger partial charge is 0.456 e. The lowest BCUT2D eigenvalue weighted by atomic mass is 9.99. The Morgan fingerprint density at radius 2 is 1.55 bits per heavy atom. The molecule has 0 fully saturated rings. The van der Waals surface area contributed by atoms with Crippen LogP contribution in [0, 0.1) is 34.6 Å². The summed E-state index contributed by atoms with van der Waals surface area (Å²) in [5.41, 5.74) is 6.85. The molecule has 0 unspecified atom stereocenters. The molecule has 3 rings (SSSR count). The molecule has 0 aliphatic carbocycles.